The third-order valence-electron chi connectivity index (χ3n) is 1.65. The van der Waals surface area contributed by atoms with E-state index in [4.69, 9.17) is 16.1 Å². The summed E-state index contributed by atoms with van der Waals surface area (Å²) in [6.45, 7) is 0.636. The Labute approximate surface area is 75.2 Å². The smallest absolute Gasteiger partial charge is 0.322 e. The molecule has 13 heavy (non-hydrogen) atoms. The fraction of sp³-hybridized carbons (Fsp3) is 0.429. The number of nitriles is 1. The maximum atomic E-state index is 10.4. The van der Waals surface area contributed by atoms with E-state index < -0.39 is 12.0 Å². The number of carboxylic acids is 1. The van der Waals surface area contributed by atoms with Crippen molar-refractivity contribution in [2.24, 2.45) is 5.73 Å². The maximum absolute atomic E-state index is 10.4. The second kappa shape index (κ2) is 3.78. The van der Waals surface area contributed by atoms with E-state index in [1.165, 1.54) is 0 Å². The number of hydrogen-bond acceptors (Lipinski definition) is 5. The average Bonchev–Trinajstić information content (AvgIpc) is 2.52. The minimum absolute atomic E-state index is 0.202. The molecule has 0 aromatic rings. The van der Waals surface area contributed by atoms with Crippen molar-refractivity contribution < 1.29 is 9.90 Å². The fourth-order valence-corrected chi connectivity index (χ4v) is 0.977. The Morgan fingerprint density at radius 3 is 3.15 bits per heavy atom. The number of carboxylic acid groups (broad SMARTS) is 1. The second-order valence-corrected chi connectivity index (χ2v) is 2.71. The van der Waals surface area contributed by atoms with Gasteiger partial charge >= 0.3 is 5.97 Å². The Bertz CT molecular complexity index is 281. The molecule has 0 spiro atoms. The van der Waals surface area contributed by atoms with Crippen molar-refractivity contribution in [3.8, 4) is 6.07 Å². The highest BCUT2D eigenvalue weighted by molar-refractivity contribution is 5.73. The van der Waals surface area contributed by atoms with Gasteiger partial charge in [0, 0.05) is 12.7 Å². The van der Waals surface area contributed by atoms with E-state index in [2.05, 4.69) is 5.32 Å². The first-order valence-corrected chi connectivity index (χ1v) is 3.71. The summed E-state index contributed by atoms with van der Waals surface area (Å²) in [6, 6.07) is 0.996. The number of nitrogens with two attached hydrogens (primary N) is 1. The monoisotopic (exact) mass is 182 g/mol. The molecule has 1 atom stereocenters. The minimum atomic E-state index is -1.04. The van der Waals surface area contributed by atoms with E-state index in [0.29, 0.717) is 12.4 Å². The van der Waals surface area contributed by atoms with Crippen molar-refractivity contribution >= 4 is 5.97 Å². The van der Waals surface area contributed by atoms with Gasteiger partial charge in [-0.1, -0.05) is 0 Å². The Morgan fingerprint density at radius 1 is 2.00 bits per heavy atom. The molecule has 0 aliphatic carbocycles. The Balaban J connectivity index is 2.45. The van der Waals surface area contributed by atoms with Crippen LogP contribution in [-0.2, 0) is 4.79 Å². The van der Waals surface area contributed by atoms with Crippen LogP contribution < -0.4 is 11.1 Å². The molecule has 0 radical (unpaired) electrons. The molecule has 0 bridgehead atoms. The van der Waals surface area contributed by atoms with Crippen LogP contribution in [0.2, 0.25) is 0 Å². The molecular weight excluding hydrogens is 172 g/mol. The SMILES string of the molecule is N#CC1=CN(CC(N)C(=O)O)CN1. The molecule has 0 amide bonds. The number of carbonyl (C=O) groups is 1. The van der Waals surface area contributed by atoms with Crippen molar-refractivity contribution in [2.75, 3.05) is 13.2 Å². The van der Waals surface area contributed by atoms with Crippen LogP contribution in [0.4, 0.5) is 0 Å². The van der Waals surface area contributed by atoms with E-state index in [-0.39, 0.29) is 6.54 Å². The third kappa shape index (κ3) is 2.35. The lowest BCUT2D eigenvalue weighted by Gasteiger charge is -2.16. The molecule has 1 unspecified atom stereocenters. The molecule has 70 valence electrons. The van der Waals surface area contributed by atoms with Gasteiger partial charge in [0.15, 0.2) is 0 Å². The first-order valence-electron chi connectivity index (χ1n) is 3.71. The molecule has 1 aliphatic rings. The summed E-state index contributed by atoms with van der Waals surface area (Å²) in [5.74, 6) is -1.04. The van der Waals surface area contributed by atoms with Crippen LogP contribution >= 0.6 is 0 Å². The standard InChI is InChI=1S/C7H10N4O2/c8-1-5-2-11(4-10-5)3-6(9)7(12)13/h2,6,10H,3-4,9H2,(H,12,13). The number of rotatable bonds is 3. The van der Waals surface area contributed by atoms with Crippen LogP contribution in [-0.4, -0.2) is 35.2 Å². The highest BCUT2D eigenvalue weighted by Gasteiger charge is 2.18. The van der Waals surface area contributed by atoms with Crippen molar-refractivity contribution in [3.05, 3.63) is 11.9 Å². The van der Waals surface area contributed by atoms with Gasteiger partial charge in [0.2, 0.25) is 0 Å². The normalized spacial score (nSPS) is 17.2. The number of nitrogens with zero attached hydrogens (tertiary/aromatic N) is 2. The Kier molecular flexibility index (Phi) is 2.72. The molecule has 6 heteroatoms. The van der Waals surface area contributed by atoms with Crippen molar-refractivity contribution in [1.29, 1.82) is 5.26 Å². The summed E-state index contributed by atoms with van der Waals surface area (Å²) in [5.41, 5.74) is 5.73. The van der Waals surface area contributed by atoms with E-state index in [0.717, 1.165) is 0 Å². The lowest BCUT2D eigenvalue weighted by Crippen LogP contribution is -2.41. The highest BCUT2D eigenvalue weighted by atomic mass is 16.4. The zero-order chi connectivity index (χ0) is 9.84. The van der Waals surface area contributed by atoms with Gasteiger partial charge < -0.3 is 21.1 Å². The van der Waals surface area contributed by atoms with Crippen LogP contribution in [0.5, 0.6) is 0 Å². The largest absolute Gasteiger partial charge is 0.480 e. The molecule has 0 fully saturated rings. The summed E-state index contributed by atoms with van der Waals surface area (Å²) in [7, 11) is 0. The Hall–Kier alpha value is -1.74. The van der Waals surface area contributed by atoms with E-state index in [1.54, 1.807) is 11.1 Å². The topological polar surface area (TPSA) is 102 Å². The molecule has 1 aliphatic heterocycles. The maximum Gasteiger partial charge on any atom is 0.322 e. The van der Waals surface area contributed by atoms with E-state index in [9.17, 15) is 4.79 Å². The van der Waals surface area contributed by atoms with Gasteiger partial charge in [-0.05, 0) is 0 Å². The fourth-order valence-electron chi connectivity index (χ4n) is 0.977. The quantitative estimate of drug-likeness (QED) is 0.497. The average molecular weight is 182 g/mol. The summed E-state index contributed by atoms with van der Waals surface area (Å²) < 4.78 is 0. The molecule has 4 N–H and O–H groups in total. The lowest BCUT2D eigenvalue weighted by atomic mass is 10.3. The molecule has 1 heterocycles. The van der Waals surface area contributed by atoms with Crippen molar-refractivity contribution in [1.82, 2.24) is 10.2 Å². The predicted molar refractivity (Wildman–Crippen MR) is 44.0 cm³/mol. The molecule has 1 rings (SSSR count). The minimum Gasteiger partial charge on any atom is -0.480 e. The molecule has 6 nitrogen and oxygen atoms in total. The van der Waals surface area contributed by atoms with Crippen LogP contribution in [0, 0.1) is 11.3 Å². The number of nitrogens with one attached hydrogen (secondary N) is 1. The van der Waals surface area contributed by atoms with E-state index in [1.807, 2.05) is 6.07 Å². The molecule has 0 saturated carbocycles. The van der Waals surface area contributed by atoms with Crippen molar-refractivity contribution in [3.63, 3.8) is 0 Å². The van der Waals surface area contributed by atoms with Crippen molar-refractivity contribution in [2.45, 2.75) is 6.04 Å². The summed E-state index contributed by atoms with van der Waals surface area (Å²) in [5, 5.41) is 19.8. The first kappa shape index (κ1) is 9.35. The number of allylic oxidation sites excluding steroid dienone is 1. The van der Waals surface area contributed by atoms with Crippen LogP contribution in [0.1, 0.15) is 0 Å². The zero-order valence-electron chi connectivity index (χ0n) is 6.90. The van der Waals surface area contributed by atoms with Gasteiger partial charge in [0.25, 0.3) is 0 Å². The van der Waals surface area contributed by atoms with Crippen LogP contribution in [0.15, 0.2) is 11.9 Å². The Morgan fingerprint density at radius 2 is 2.69 bits per heavy atom. The van der Waals surface area contributed by atoms with Gasteiger partial charge in [-0.3, -0.25) is 4.79 Å². The summed E-state index contributed by atoms with van der Waals surface area (Å²) in [6.07, 6.45) is 1.56. The van der Waals surface area contributed by atoms with Gasteiger partial charge in [0.1, 0.15) is 17.8 Å². The molecule has 0 saturated heterocycles. The highest BCUT2D eigenvalue weighted by Crippen LogP contribution is 2.02. The lowest BCUT2D eigenvalue weighted by molar-refractivity contribution is -0.138. The van der Waals surface area contributed by atoms with Crippen LogP contribution in [0.25, 0.3) is 0 Å². The predicted octanol–water partition coefficient (Wildman–Crippen LogP) is -1.37. The van der Waals surface area contributed by atoms with E-state index >= 15 is 0 Å². The van der Waals surface area contributed by atoms with Gasteiger partial charge in [-0.25, -0.2) is 0 Å². The molecular formula is C7H10N4O2. The summed E-state index contributed by atoms with van der Waals surface area (Å²) in [4.78, 5) is 12.0. The molecule has 0 aromatic carbocycles. The molecule has 0 aromatic heterocycles. The first-order chi connectivity index (χ1) is 6.13. The van der Waals surface area contributed by atoms with Crippen LogP contribution in [0.3, 0.4) is 0 Å². The second-order valence-electron chi connectivity index (χ2n) is 2.71. The van der Waals surface area contributed by atoms with Gasteiger partial charge in [0.05, 0.1) is 6.67 Å². The number of aliphatic carboxylic acids is 1. The summed E-state index contributed by atoms with van der Waals surface area (Å²) >= 11 is 0. The zero-order valence-corrected chi connectivity index (χ0v) is 6.90. The third-order valence-corrected chi connectivity index (χ3v) is 1.65. The van der Waals surface area contributed by atoms with Gasteiger partial charge in [-0.2, -0.15) is 5.26 Å². The number of hydrogen-bond donors (Lipinski definition) is 3. The van der Waals surface area contributed by atoms with Gasteiger partial charge in [-0.15, -0.1) is 0 Å².